The van der Waals surface area contributed by atoms with Crippen molar-refractivity contribution in [1.29, 1.82) is 5.26 Å². The Balaban J connectivity index is 1.71. The van der Waals surface area contributed by atoms with Gasteiger partial charge >= 0.3 is 0 Å². The number of hydrogen-bond acceptors (Lipinski definition) is 7. The molecule has 0 aliphatic heterocycles. The third kappa shape index (κ3) is 4.22. The predicted molar refractivity (Wildman–Crippen MR) is 103 cm³/mol. The second-order valence-corrected chi connectivity index (χ2v) is 6.65. The molecule has 0 atom stereocenters. The van der Waals surface area contributed by atoms with Gasteiger partial charge in [-0.3, -0.25) is 9.78 Å². The zero-order valence-corrected chi connectivity index (χ0v) is 15.4. The summed E-state index contributed by atoms with van der Waals surface area (Å²) in [4.78, 5) is 22.9. The lowest BCUT2D eigenvalue weighted by Gasteiger charge is -2.09. The maximum absolute atomic E-state index is 12.4. The summed E-state index contributed by atoms with van der Waals surface area (Å²) < 4.78 is 5.32. The summed E-state index contributed by atoms with van der Waals surface area (Å²) in [5.41, 5.74) is 7.14. The minimum atomic E-state index is -0.389. The molecule has 0 fully saturated rings. The number of amides is 1. The Morgan fingerprint density at radius 3 is 2.93 bits per heavy atom. The number of carbonyl (C=O) groups is 1. The lowest BCUT2D eigenvalue weighted by molar-refractivity contribution is 0.0945. The highest BCUT2D eigenvalue weighted by atomic mass is 32.1. The van der Waals surface area contributed by atoms with Crippen LogP contribution in [0.5, 0.6) is 5.88 Å². The van der Waals surface area contributed by atoms with E-state index >= 15 is 0 Å². The molecule has 8 heteroatoms. The van der Waals surface area contributed by atoms with Gasteiger partial charge in [-0.2, -0.15) is 5.26 Å². The zero-order chi connectivity index (χ0) is 19.2. The van der Waals surface area contributed by atoms with Crippen molar-refractivity contribution in [3.63, 3.8) is 0 Å². The van der Waals surface area contributed by atoms with E-state index in [0.717, 1.165) is 15.4 Å². The van der Waals surface area contributed by atoms with E-state index in [4.69, 9.17) is 15.7 Å². The molecular weight excluding hydrogens is 362 g/mol. The number of nitrogens with one attached hydrogen (secondary N) is 1. The summed E-state index contributed by atoms with van der Waals surface area (Å²) in [5.74, 6) is -0.321. The molecule has 0 bridgehead atoms. The van der Waals surface area contributed by atoms with Crippen molar-refractivity contribution in [2.45, 2.75) is 13.5 Å². The number of carbonyl (C=O) groups excluding carboxylic acids is 1. The van der Waals surface area contributed by atoms with Crippen LogP contribution in [0.2, 0.25) is 0 Å². The van der Waals surface area contributed by atoms with E-state index in [1.165, 1.54) is 6.07 Å². The molecular formula is C19H17N5O2S. The number of nitrogens with two attached hydrogens (primary N) is 1. The van der Waals surface area contributed by atoms with Crippen LogP contribution >= 0.6 is 11.3 Å². The Bertz CT molecular complexity index is 995. The van der Waals surface area contributed by atoms with E-state index in [2.05, 4.69) is 15.3 Å². The van der Waals surface area contributed by atoms with Gasteiger partial charge in [-0.05, 0) is 37.3 Å². The van der Waals surface area contributed by atoms with E-state index in [0.29, 0.717) is 13.2 Å². The molecule has 0 radical (unpaired) electrons. The standard InChI is InChI=1S/C19H17N5O2S/c1-2-26-19-13(10-20)14(21)9-16(24-19)18(25)23-11-12-6-7-17(27-12)15-5-3-4-8-22-15/h3-9H,2,11H2,1H3,(H2,21,24)(H,23,25). The van der Waals surface area contributed by atoms with Crippen LogP contribution in [0.25, 0.3) is 10.6 Å². The highest BCUT2D eigenvalue weighted by molar-refractivity contribution is 7.15. The van der Waals surface area contributed by atoms with E-state index in [-0.39, 0.29) is 28.7 Å². The maximum atomic E-state index is 12.4. The van der Waals surface area contributed by atoms with E-state index in [9.17, 15) is 4.79 Å². The largest absolute Gasteiger partial charge is 0.477 e. The van der Waals surface area contributed by atoms with Gasteiger partial charge in [-0.15, -0.1) is 11.3 Å². The van der Waals surface area contributed by atoms with Crippen molar-refractivity contribution in [2.75, 3.05) is 12.3 Å². The number of ether oxygens (including phenoxy) is 1. The lowest BCUT2D eigenvalue weighted by Crippen LogP contribution is -2.24. The predicted octanol–water partition coefficient (Wildman–Crippen LogP) is 2.99. The van der Waals surface area contributed by atoms with Gasteiger partial charge in [-0.25, -0.2) is 4.98 Å². The van der Waals surface area contributed by atoms with Crippen molar-refractivity contribution >= 4 is 22.9 Å². The summed E-state index contributed by atoms with van der Waals surface area (Å²) in [6, 6.07) is 13.0. The number of rotatable bonds is 6. The Kier molecular flexibility index (Phi) is 5.64. The second-order valence-electron chi connectivity index (χ2n) is 5.49. The molecule has 3 aromatic rings. The first-order valence-electron chi connectivity index (χ1n) is 8.24. The van der Waals surface area contributed by atoms with Crippen molar-refractivity contribution < 1.29 is 9.53 Å². The quantitative estimate of drug-likeness (QED) is 0.680. The summed E-state index contributed by atoms with van der Waals surface area (Å²) in [6.45, 7) is 2.43. The average molecular weight is 379 g/mol. The third-order valence-electron chi connectivity index (χ3n) is 3.64. The number of nitriles is 1. The number of nitrogen functional groups attached to an aromatic ring is 1. The molecule has 0 saturated carbocycles. The van der Waals surface area contributed by atoms with Crippen LogP contribution in [0.4, 0.5) is 5.69 Å². The number of aromatic nitrogens is 2. The highest BCUT2D eigenvalue weighted by Gasteiger charge is 2.16. The molecule has 0 aliphatic carbocycles. The van der Waals surface area contributed by atoms with Crippen molar-refractivity contribution in [3.8, 4) is 22.5 Å². The topological polar surface area (TPSA) is 114 Å². The molecule has 3 heterocycles. The highest BCUT2D eigenvalue weighted by Crippen LogP contribution is 2.26. The molecule has 0 saturated heterocycles. The van der Waals surface area contributed by atoms with Crippen LogP contribution in [0.1, 0.15) is 27.9 Å². The summed E-state index contributed by atoms with van der Waals surface area (Å²) >= 11 is 1.55. The minimum Gasteiger partial charge on any atom is -0.477 e. The molecule has 3 rings (SSSR count). The summed E-state index contributed by atoms with van der Waals surface area (Å²) in [7, 11) is 0. The van der Waals surface area contributed by atoms with Gasteiger partial charge in [0.2, 0.25) is 5.88 Å². The molecule has 27 heavy (non-hydrogen) atoms. The van der Waals surface area contributed by atoms with E-state index in [1.807, 2.05) is 36.4 Å². The van der Waals surface area contributed by atoms with E-state index in [1.54, 1.807) is 24.5 Å². The van der Waals surface area contributed by atoms with Crippen molar-refractivity contribution in [3.05, 3.63) is 58.7 Å². The van der Waals surface area contributed by atoms with E-state index < -0.39 is 0 Å². The number of pyridine rings is 2. The number of thiophene rings is 1. The lowest BCUT2D eigenvalue weighted by atomic mass is 10.2. The molecule has 7 nitrogen and oxygen atoms in total. The minimum absolute atomic E-state index is 0.0683. The second kappa shape index (κ2) is 8.29. The third-order valence-corrected chi connectivity index (χ3v) is 4.75. The van der Waals surface area contributed by atoms with Gasteiger partial charge in [0.15, 0.2) is 0 Å². The van der Waals surface area contributed by atoms with Crippen LogP contribution in [-0.4, -0.2) is 22.5 Å². The number of anilines is 1. The fourth-order valence-electron chi connectivity index (χ4n) is 2.39. The van der Waals surface area contributed by atoms with Crippen LogP contribution in [0.15, 0.2) is 42.6 Å². The molecule has 0 aromatic carbocycles. The Morgan fingerprint density at radius 2 is 2.22 bits per heavy atom. The monoisotopic (exact) mass is 379 g/mol. The first-order chi connectivity index (χ1) is 13.1. The van der Waals surface area contributed by atoms with Crippen molar-refractivity contribution in [1.82, 2.24) is 15.3 Å². The first kappa shape index (κ1) is 18.4. The van der Waals surface area contributed by atoms with Crippen LogP contribution < -0.4 is 15.8 Å². The maximum Gasteiger partial charge on any atom is 0.270 e. The molecule has 3 aromatic heterocycles. The Labute approximate surface area is 160 Å². The molecule has 3 N–H and O–H groups in total. The molecule has 1 amide bonds. The van der Waals surface area contributed by atoms with Gasteiger partial charge < -0.3 is 15.8 Å². The van der Waals surface area contributed by atoms with Gasteiger partial charge in [0, 0.05) is 11.1 Å². The Hall–Kier alpha value is -3.44. The van der Waals surface area contributed by atoms with Crippen molar-refractivity contribution in [2.24, 2.45) is 0 Å². The fourth-order valence-corrected chi connectivity index (χ4v) is 3.31. The fraction of sp³-hybridized carbons (Fsp3) is 0.158. The van der Waals surface area contributed by atoms with Crippen LogP contribution in [0.3, 0.4) is 0 Å². The summed E-state index contributed by atoms with van der Waals surface area (Å²) in [5, 5.41) is 12.0. The first-order valence-corrected chi connectivity index (χ1v) is 9.05. The normalized spacial score (nSPS) is 10.2. The smallest absolute Gasteiger partial charge is 0.270 e. The van der Waals surface area contributed by atoms with Gasteiger partial charge in [0.25, 0.3) is 5.91 Å². The average Bonchev–Trinajstić information content (AvgIpc) is 3.16. The zero-order valence-electron chi connectivity index (χ0n) is 14.6. The summed E-state index contributed by atoms with van der Waals surface area (Å²) in [6.07, 6.45) is 1.74. The molecule has 0 spiro atoms. The number of hydrogen-bond donors (Lipinski definition) is 2. The van der Waals surface area contributed by atoms with Crippen LogP contribution in [0, 0.1) is 11.3 Å². The van der Waals surface area contributed by atoms with Gasteiger partial charge in [-0.1, -0.05) is 6.07 Å². The SMILES string of the molecule is CCOc1nc(C(=O)NCc2ccc(-c3ccccn3)s2)cc(N)c1C#N. The number of nitrogens with zero attached hydrogens (tertiary/aromatic N) is 3. The Morgan fingerprint density at radius 1 is 1.37 bits per heavy atom. The van der Waals surface area contributed by atoms with Crippen LogP contribution in [-0.2, 0) is 6.54 Å². The molecule has 0 aliphatic rings. The molecule has 136 valence electrons. The van der Waals surface area contributed by atoms with Gasteiger partial charge in [0.1, 0.15) is 17.3 Å². The molecule has 0 unspecified atom stereocenters. The van der Waals surface area contributed by atoms with Gasteiger partial charge in [0.05, 0.1) is 29.4 Å².